The minimum absolute atomic E-state index is 0.852. The van der Waals surface area contributed by atoms with Crippen LogP contribution in [0.25, 0.3) is 0 Å². The Kier molecular flexibility index (Phi) is 5.04. The van der Waals surface area contributed by atoms with Crippen molar-refractivity contribution in [3.05, 3.63) is 28.8 Å². The lowest BCUT2D eigenvalue weighted by Gasteiger charge is -2.36. The van der Waals surface area contributed by atoms with Gasteiger partial charge in [0, 0.05) is 50.0 Å². The first-order valence-electron chi connectivity index (χ1n) is 8.22. The summed E-state index contributed by atoms with van der Waals surface area (Å²) in [4.78, 5) is 5.08. The number of piperazine rings is 1. The van der Waals surface area contributed by atoms with Crippen molar-refractivity contribution in [2.45, 2.75) is 26.3 Å². The third kappa shape index (κ3) is 4.12. The number of anilines is 1. The van der Waals surface area contributed by atoms with Crippen LogP contribution in [-0.4, -0.2) is 44.2 Å². The highest BCUT2D eigenvalue weighted by atomic mass is 35.5. The molecule has 0 bridgehead atoms. The van der Waals surface area contributed by atoms with E-state index >= 15 is 0 Å². The Bertz CT molecular complexity index is 465. The molecule has 116 valence electrons. The van der Waals surface area contributed by atoms with E-state index < -0.39 is 0 Å². The minimum Gasteiger partial charge on any atom is -0.369 e. The third-order valence-electron chi connectivity index (χ3n) is 4.55. The highest BCUT2D eigenvalue weighted by Crippen LogP contribution is 2.30. The molecule has 2 fully saturated rings. The van der Waals surface area contributed by atoms with Crippen molar-refractivity contribution in [2.75, 3.05) is 44.2 Å². The van der Waals surface area contributed by atoms with Gasteiger partial charge in [-0.15, -0.1) is 0 Å². The Labute approximate surface area is 133 Å². The Morgan fingerprint density at radius 1 is 1.19 bits per heavy atom. The molecule has 3 rings (SSSR count). The zero-order valence-electron chi connectivity index (χ0n) is 12.9. The fraction of sp³-hybridized carbons (Fsp3) is 0.647. The molecule has 0 radical (unpaired) electrons. The van der Waals surface area contributed by atoms with E-state index in [1.165, 1.54) is 43.7 Å². The van der Waals surface area contributed by atoms with E-state index in [9.17, 15) is 0 Å². The lowest BCUT2D eigenvalue weighted by molar-refractivity contribution is 0.248. The molecule has 0 spiro atoms. The monoisotopic (exact) mass is 307 g/mol. The zero-order valence-corrected chi connectivity index (χ0v) is 13.7. The molecule has 1 aliphatic carbocycles. The van der Waals surface area contributed by atoms with Gasteiger partial charge >= 0.3 is 0 Å². The van der Waals surface area contributed by atoms with Crippen molar-refractivity contribution < 1.29 is 0 Å². The van der Waals surface area contributed by atoms with Crippen molar-refractivity contribution in [1.29, 1.82) is 0 Å². The van der Waals surface area contributed by atoms with Gasteiger partial charge in [0.05, 0.1) is 0 Å². The maximum atomic E-state index is 6.41. The van der Waals surface area contributed by atoms with Gasteiger partial charge in [-0.1, -0.05) is 24.6 Å². The second-order valence-corrected chi connectivity index (χ2v) is 6.69. The Hall–Kier alpha value is -0.770. The van der Waals surface area contributed by atoms with Crippen molar-refractivity contribution in [2.24, 2.45) is 5.92 Å². The normalized spacial score (nSPS) is 20.0. The first-order valence-corrected chi connectivity index (χ1v) is 8.60. The van der Waals surface area contributed by atoms with E-state index in [-0.39, 0.29) is 0 Å². The van der Waals surface area contributed by atoms with Crippen molar-refractivity contribution >= 4 is 17.3 Å². The SMILES string of the molecule is CCNCc1ccc(N2CCN(CC3CC3)CC2)cc1Cl. The summed E-state index contributed by atoms with van der Waals surface area (Å²) in [6.45, 7) is 9.87. The molecule has 1 aliphatic heterocycles. The number of nitrogens with one attached hydrogen (secondary N) is 1. The topological polar surface area (TPSA) is 18.5 Å². The van der Waals surface area contributed by atoms with E-state index in [1.807, 2.05) is 0 Å². The summed E-state index contributed by atoms with van der Waals surface area (Å²) in [5.41, 5.74) is 2.46. The third-order valence-corrected chi connectivity index (χ3v) is 4.90. The van der Waals surface area contributed by atoms with Crippen LogP contribution in [0, 0.1) is 5.92 Å². The van der Waals surface area contributed by atoms with Gasteiger partial charge in [-0.05, 0) is 43.0 Å². The van der Waals surface area contributed by atoms with E-state index in [4.69, 9.17) is 11.6 Å². The lowest BCUT2D eigenvalue weighted by atomic mass is 10.1. The predicted octanol–water partition coefficient (Wildman–Crippen LogP) is 2.98. The van der Waals surface area contributed by atoms with E-state index in [2.05, 4.69) is 40.2 Å². The summed E-state index contributed by atoms with van der Waals surface area (Å²) in [5, 5.41) is 4.21. The van der Waals surface area contributed by atoms with Gasteiger partial charge in [0.2, 0.25) is 0 Å². The number of benzene rings is 1. The Balaban J connectivity index is 1.55. The zero-order chi connectivity index (χ0) is 14.7. The molecule has 1 N–H and O–H groups in total. The van der Waals surface area contributed by atoms with E-state index in [1.54, 1.807) is 0 Å². The van der Waals surface area contributed by atoms with Gasteiger partial charge in [0.15, 0.2) is 0 Å². The first kappa shape index (κ1) is 15.1. The molecule has 1 aromatic rings. The van der Waals surface area contributed by atoms with Crippen LogP contribution in [0.15, 0.2) is 18.2 Å². The van der Waals surface area contributed by atoms with Gasteiger partial charge in [0.25, 0.3) is 0 Å². The molecular formula is C17H26ClN3. The lowest BCUT2D eigenvalue weighted by Crippen LogP contribution is -2.47. The quantitative estimate of drug-likeness (QED) is 0.871. The van der Waals surface area contributed by atoms with E-state index in [0.717, 1.165) is 37.1 Å². The summed E-state index contributed by atoms with van der Waals surface area (Å²) in [6, 6.07) is 6.51. The van der Waals surface area contributed by atoms with E-state index in [0.29, 0.717) is 0 Å². The second-order valence-electron chi connectivity index (χ2n) is 6.29. The fourth-order valence-electron chi connectivity index (χ4n) is 2.99. The van der Waals surface area contributed by atoms with Gasteiger partial charge < -0.3 is 10.2 Å². The maximum Gasteiger partial charge on any atom is 0.0471 e. The van der Waals surface area contributed by atoms with Crippen molar-refractivity contribution in [1.82, 2.24) is 10.2 Å². The molecule has 4 heteroatoms. The fourth-order valence-corrected chi connectivity index (χ4v) is 3.23. The molecule has 1 saturated carbocycles. The summed E-state index contributed by atoms with van der Waals surface area (Å²) in [6.07, 6.45) is 2.89. The summed E-state index contributed by atoms with van der Waals surface area (Å²) in [7, 11) is 0. The number of rotatable bonds is 6. The average molecular weight is 308 g/mol. The van der Waals surface area contributed by atoms with Gasteiger partial charge in [-0.2, -0.15) is 0 Å². The number of halogens is 1. The summed E-state index contributed by atoms with van der Waals surface area (Å²) < 4.78 is 0. The molecule has 2 aliphatic rings. The van der Waals surface area contributed by atoms with Crippen LogP contribution in [0.2, 0.25) is 5.02 Å². The smallest absolute Gasteiger partial charge is 0.0471 e. The largest absolute Gasteiger partial charge is 0.369 e. The number of nitrogens with zero attached hydrogens (tertiary/aromatic N) is 2. The summed E-state index contributed by atoms with van der Waals surface area (Å²) in [5.74, 6) is 0.997. The van der Waals surface area contributed by atoms with Crippen LogP contribution in [-0.2, 0) is 6.54 Å². The molecule has 0 amide bonds. The van der Waals surface area contributed by atoms with Crippen LogP contribution >= 0.6 is 11.6 Å². The molecule has 21 heavy (non-hydrogen) atoms. The molecule has 1 heterocycles. The second kappa shape index (κ2) is 6.99. The van der Waals surface area contributed by atoms with Crippen molar-refractivity contribution in [3.8, 4) is 0 Å². The molecule has 1 aromatic carbocycles. The number of hydrogen-bond donors (Lipinski definition) is 1. The van der Waals surface area contributed by atoms with Gasteiger partial charge in [0.1, 0.15) is 0 Å². The van der Waals surface area contributed by atoms with Crippen LogP contribution in [0.3, 0.4) is 0 Å². The first-order chi connectivity index (χ1) is 10.3. The highest BCUT2D eigenvalue weighted by Gasteiger charge is 2.26. The molecule has 0 aromatic heterocycles. The standard InChI is InChI=1S/C17H26ClN3/c1-2-19-12-15-5-6-16(11-17(15)18)21-9-7-20(8-10-21)13-14-3-4-14/h5-6,11,14,19H,2-4,7-10,12-13H2,1H3. The average Bonchev–Trinajstić information content (AvgIpc) is 3.31. The Morgan fingerprint density at radius 3 is 2.57 bits per heavy atom. The van der Waals surface area contributed by atoms with Crippen molar-refractivity contribution in [3.63, 3.8) is 0 Å². The maximum absolute atomic E-state index is 6.41. The number of hydrogen-bond acceptors (Lipinski definition) is 3. The molecule has 0 atom stereocenters. The van der Waals surface area contributed by atoms with Crippen LogP contribution in [0.1, 0.15) is 25.3 Å². The predicted molar refractivity (Wildman–Crippen MR) is 90.2 cm³/mol. The van der Waals surface area contributed by atoms with Crippen LogP contribution in [0.5, 0.6) is 0 Å². The Morgan fingerprint density at radius 2 is 1.95 bits per heavy atom. The molecule has 1 saturated heterocycles. The van der Waals surface area contributed by atoms with Crippen LogP contribution < -0.4 is 10.2 Å². The molecule has 0 unspecified atom stereocenters. The summed E-state index contributed by atoms with van der Waals surface area (Å²) >= 11 is 6.41. The highest BCUT2D eigenvalue weighted by molar-refractivity contribution is 6.31. The minimum atomic E-state index is 0.852. The molecular weight excluding hydrogens is 282 g/mol. The van der Waals surface area contributed by atoms with Gasteiger partial charge in [-0.3, -0.25) is 4.90 Å². The van der Waals surface area contributed by atoms with Gasteiger partial charge in [-0.25, -0.2) is 0 Å². The molecule has 3 nitrogen and oxygen atoms in total. The van der Waals surface area contributed by atoms with Crippen LogP contribution in [0.4, 0.5) is 5.69 Å².